The Labute approximate surface area is 214 Å². The normalized spacial score (nSPS) is 15.5. The molecule has 0 aliphatic carbocycles. The fraction of sp³-hybridized carbons (Fsp3) is 0.565. The van der Waals surface area contributed by atoms with E-state index in [9.17, 15) is 0 Å². The van der Waals surface area contributed by atoms with Crippen molar-refractivity contribution in [2.45, 2.75) is 20.0 Å². The zero-order valence-corrected chi connectivity index (χ0v) is 22.6. The first kappa shape index (κ1) is 27.0. The van der Waals surface area contributed by atoms with Crippen molar-refractivity contribution in [1.82, 2.24) is 24.9 Å². The van der Waals surface area contributed by atoms with Crippen LogP contribution < -0.4 is 19.5 Å². The number of aromatic nitrogens is 2. The molecule has 0 spiro atoms. The van der Waals surface area contributed by atoms with Crippen molar-refractivity contribution < 1.29 is 14.2 Å². The molecule has 1 unspecified atom stereocenters. The van der Waals surface area contributed by atoms with E-state index in [1.54, 1.807) is 21.3 Å². The third-order valence-electron chi connectivity index (χ3n) is 5.68. The van der Waals surface area contributed by atoms with Gasteiger partial charge in [-0.25, -0.2) is 0 Å². The van der Waals surface area contributed by atoms with E-state index in [4.69, 9.17) is 14.2 Å². The topological polar surface area (TPSA) is 76.4 Å². The molecule has 1 aliphatic rings. The molecule has 9 nitrogen and oxygen atoms in total. The van der Waals surface area contributed by atoms with Crippen LogP contribution in [0, 0.1) is 5.92 Å². The van der Waals surface area contributed by atoms with Crippen LogP contribution in [0.5, 0.6) is 17.2 Å². The van der Waals surface area contributed by atoms with Gasteiger partial charge >= 0.3 is 0 Å². The van der Waals surface area contributed by atoms with Crippen molar-refractivity contribution in [3.8, 4) is 17.2 Å². The molecule has 0 bridgehead atoms. The van der Waals surface area contributed by atoms with Crippen molar-refractivity contribution in [2.75, 3.05) is 61.1 Å². The van der Waals surface area contributed by atoms with Crippen LogP contribution in [0.2, 0.25) is 0 Å². The number of halogens is 1. The molecule has 1 aromatic heterocycles. The molecule has 2 aromatic rings. The van der Waals surface area contributed by atoms with Crippen LogP contribution in [0.3, 0.4) is 0 Å². The molecule has 1 fully saturated rings. The predicted octanol–water partition coefficient (Wildman–Crippen LogP) is 2.56. The first-order valence-electron chi connectivity index (χ1n) is 11.0. The Morgan fingerprint density at radius 2 is 1.76 bits per heavy atom. The molecular weight excluding hydrogens is 535 g/mol. The highest BCUT2D eigenvalue weighted by molar-refractivity contribution is 14.0. The van der Waals surface area contributed by atoms with Crippen molar-refractivity contribution in [2.24, 2.45) is 10.9 Å². The van der Waals surface area contributed by atoms with Crippen molar-refractivity contribution in [3.05, 3.63) is 36.2 Å². The summed E-state index contributed by atoms with van der Waals surface area (Å²) in [6, 6.07) is 6.00. The van der Waals surface area contributed by atoms with E-state index < -0.39 is 0 Å². The van der Waals surface area contributed by atoms with E-state index in [-0.39, 0.29) is 24.0 Å². The van der Waals surface area contributed by atoms with Crippen LogP contribution >= 0.6 is 24.0 Å². The third-order valence-corrected chi connectivity index (χ3v) is 5.68. The lowest BCUT2D eigenvalue weighted by atomic mass is 10.1. The number of nitrogens with zero attached hydrogens (tertiary/aromatic N) is 5. The van der Waals surface area contributed by atoms with E-state index in [2.05, 4.69) is 32.1 Å². The molecular formula is C23H37IN6O3. The number of guanidine groups is 1. The highest BCUT2D eigenvalue weighted by Crippen LogP contribution is 2.38. The number of hydrogen-bond donors (Lipinski definition) is 1. The van der Waals surface area contributed by atoms with Crippen LogP contribution in [-0.2, 0) is 13.1 Å². The van der Waals surface area contributed by atoms with Crippen LogP contribution in [0.1, 0.15) is 12.5 Å². The Balaban J connectivity index is 0.00000385. The van der Waals surface area contributed by atoms with Gasteiger partial charge in [-0.1, -0.05) is 6.92 Å². The van der Waals surface area contributed by atoms with Gasteiger partial charge in [-0.3, -0.25) is 14.6 Å². The van der Waals surface area contributed by atoms with E-state index >= 15 is 0 Å². The molecule has 0 saturated carbocycles. The summed E-state index contributed by atoms with van der Waals surface area (Å²) >= 11 is 0. The van der Waals surface area contributed by atoms with Gasteiger partial charge in [0.05, 0.1) is 21.3 Å². The maximum atomic E-state index is 5.49. The van der Waals surface area contributed by atoms with Gasteiger partial charge in [0.25, 0.3) is 0 Å². The van der Waals surface area contributed by atoms with Gasteiger partial charge < -0.3 is 24.4 Å². The summed E-state index contributed by atoms with van der Waals surface area (Å²) in [7, 11) is 6.77. The predicted molar refractivity (Wildman–Crippen MR) is 141 cm³/mol. The maximum absolute atomic E-state index is 5.49. The Hall–Kier alpha value is -2.21. The number of nitrogens with one attached hydrogen (secondary N) is 1. The molecule has 2 heterocycles. The minimum absolute atomic E-state index is 0. The van der Waals surface area contributed by atoms with Crippen LogP contribution in [0.15, 0.2) is 35.6 Å². The number of benzene rings is 1. The monoisotopic (exact) mass is 572 g/mol. The lowest BCUT2D eigenvalue weighted by Crippen LogP contribution is -2.52. The first-order chi connectivity index (χ1) is 15.6. The lowest BCUT2D eigenvalue weighted by Gasteiger charge is -2.36. The summed E-state index contributed by atoms with van der Waals surface area (Å²) < 4.78 is 18.4. The van der Waals surface area contributed by atoms with Gasteiger partial charge in [0, 0.05) is 65.3 Å². The number of ether oxygens (including phenoxy) is 3. The standard InChI is InChI=1S/C23H36N6O3.HI/c1-18(16-29-8-6-7-26-29)15-25-23(24-2)28-11-9-27(10-12-28)17-19-13-20(30-3)22(32-5)21(14-19)31-4;/h6-8,13-14,18H,9-12,15-17H2,1-5H3,(H,24,25);1H. The number of aliphatic imine (C=N–C) groups is 1. The van der Waals surface area contributed by atoms with Gasteiger partial charge in [0.2, 0.25) is 5.75 Å². The van der Waals surface area contributed by atoms with E-state index in [0.717, 1.165) is 57.3 Å². The molecule has 10 heteroatoms. The summed E-state index contributed by atoms with van der Waals surface area (Å²) in [6.45, 7) is 8.57. The number of piperazine rings is 1. The zero-order chi connectivity index (χ0) is 22.9. The fourth-order valence-electron chi connectivity index (χ4n) is 3.99. The highest BCUT2D eigenvalue weighted by Gasteiger charge is 2.21. The Kier molecular flexibility index (Phi) is 11.0. The third kappa shape index (κ3) is 7.39. The number of hydrogen-bond acceptors (Lipinski definition) is 6. The molecule has 1 aromatic carbocycles. The summed E-state index contributed by atoms with van der Waals surface area (Å²) in [5.41, 5.74) is 1.14. The molecule has 184 valence electrons. The minimum atomic E-state index is 0. The van der Waals surface area contributed by atoms with Crippen molar-refractivity contribution in [1.29, 1.82) is 0 Å². The second-order valence-electron chi connectivity index (χ2n) is 8.06. The van der Waals surface area contributed by atoms with Crippen molar-refractivity contribution in [3.63, 3.8) is 0 Å². The van der Waals surface area contributed by atoms with Crippen LogP contribution in [0.25, 0.3) is 0 Å². The van der Waals surface area contributed by atoms with Crippen LogP contribution in [0.4, 0.5) is 0 Å². The van der Waals surface area contributed by atoms with E-state index in [1.165, 1.54) is 0 Å². The van der Waals surface area contributed by atoms with Crippen molar-refractivity contribution >= 4 is 29.9 Å². The SMILES string of the molecule is CN=C(NCC(C)Cn1cccn1)N1CCN(Cc2cc(OC)c(OC)c(OC)c2)CC1.I. The molecule has 1 N–H and O–H groups in total. The molecule has 0 amide bonds. The highest BCUT2D eigenvalue weighted by atomic mass is 127. The Bertz CT molecular complexity index is 844. The largest absolute Gasteiger partial charge is 0.493 e. The van der Waals surface area contributed by atoms with Crippen LogP contribution in [-0.4, -0.2) is 86.6 Å². The summed E-state index contributed by atoms with van der Waals surface area (Å²) in [5.74, 6) is 3.42. The zero-order valence-electron chi connectivity index (χ0n) is 20.3. The summed E-state index contributed by atoms with van der Waals surface area (Å²) in [4.78, 5) is 9.26. The molecule has 3 rings (SSSR count). The molecule has 33 heavy (non-hydrogen) atoms. The molecule has 1 saturated heterocycles. The maximum Gasteiger partial charge on any atom is 0.203 e. The Morgan fingerprint density at radius 1 is 1.09 bits per heavy atom. The summed E-state index contributed by atoms with van der Waals surface area (Å²) in [6.07, 6.45) is 3.81. The average molecular weight is 572 g/mol. The van der Waals surface area contributed by atoms with E-state index in [1.807, 2.05) is 42.3 Å². The van der Waals surface area contributed by atoms with Gasteiger partial charge in [-0.05, 0) is 29.7 Å². The molecule has 0 radical (unpaired) electrons. The van der Waals surface area contributed by atoms with Gasteiger partial charge in [-0.2, -0.15) is 5.10 Å². The second-order valence-corrected chi connectivity index (χ2v) is 8.06. The molecule has 1 atom stereocenters. The number of rotatable bonds is 9. The minimum Gasteiger partial charge on any atom is -0.493 e. The summed E-state index contributed by atoms with van der Waals surface area (Å²) in [5, 5.41) is 7.82. The van der Waals surface area contributed by atoms with Gasteiger partial charge in [0.1, 0.15) is 0 Å². The Morgan fingerprint density at radius 3 is 2.27 bits per heavy atom. The number of methoxy groups -OCH3 is 3. The molecule has 1 aliphatic heterocycles. The van der Waals surface area contributed by atoms with E-state index in [0.29, 0.717) is 23.2 Å². The van der Waals surface area contributed by atoms with Gasteiger partial charge in [0.15, 0.2) is 17.5 Å². The van der Waals surface area contributed by atoms with Gasteiger partial charge in [-0.15, -0.1) is 24.0 Å². The fourth-order valence-corrected chi connectivity index (χ4v) is 3.99. The first-order valence-corrected chi connectivity index (χ1v) is 11.0. The lowest BCUT2D eigenvalue weighted by molar-refractivity contribution is 0.172. The second kappa shape index (κ2) is 13.5. The quantitative estimate of drug-likeness (QED) is 0.281. The smallest absolute Gasteiger partial charge is 0.203 e. The average Bonchev–Trinajstić information content (AvgIpc) is 3.32.